The van der Waals surface area contributed by atoms with Crippen LogP contribution >= 0.6 is 0 Å². The minimum absolute atomic E-state index is 0.0764. The summed E-state index contributed by atoms with van der Waals surface area (Å²) < 4.78 is 5.23. The summed E-state index contributed by atoms with van der Waals surface area (Å²) in [6.45, 7) is 6.09. The first-order valence-corrected chi connectivity index (χ1v) is 11.3. The third-order valence-electron chi connectivity index (χ3n) is 6.51. The summed E-state index contributed by atoms with van der Waals surface area (Å²) in [5.41, 5.74) is 1.95. The maximum absolute atomic E-state index is 12.5. The fourth-order valence-corrected chi connectivity index (χ4v) is 4.65. The number of oxazole rings is 1. The van der Waals surface area contributed by atoms with E-state index in [0.717, 1.165) is 45.3 Å². The zero-order chi connectivity index (χ0) is 21.6. The summed E-state index contributed by atoms with van der Waals surface area (Å²) in [6, 6.07) is 10.7. The number of likely N-dealkylation sites (tertiary alicyclic amines) is 2. The van der Waals surface area contributed by atoms with E-state index in [1.54, 1.807) is 6.92 Å². The summed E-state index contributed by atoms with van der Waals surface area (Å²) in [4.78, 5) is 33.2. The van der Waals surface area contributed by atoms with Gasteiger partial charge in [-0.1, -0.05) is 30.3 Å². The van der Waals surface area contributed by atoms with E-state index in [1.165, 1.54) is 12.0 Å². The van der Waals surface area contributed by atoms with Crippen molar-refractivity contribution in [2.45, 2.75) is 51.6 Å². The largest absolute Gasteiger partial charge is 0.438 e. The van der Waals surface area contributed by atoms with E-state index in [4.69, 9.17) is 4.42 Å². The van der Waals surface area contributed by atoms with Crippen LogP contribution in [0.5, 0.6) is 0 Å². The second-order valence-electron chi connectivity index (χ2n) is 8.81. The Morgan fingerprint density at radius 3 is 2.61 bits per heavy atom. The highest BCUT2D eigenvalue weighted by Gasteiger charge is 2.28. The molecule has 1 aromatic carbocycles. The molecule has 31 heavy (non-hydrogen) atoms. The van der Waals surface area contributed by atoms with Crippen LogP contribution in [0.15, 0.2) is 41.1 Å². The van der Waals surface area contributed by atoms with Crippen LogP contribution in [0.25, 0.3) is 0 Å². The minimum atomic E-state index is -0.0764. The Morgan fingerprint density at radius 1 is 1.13 bits per heavy atom. The average Bonchev–Trinajstić information content (AvgIpc) is 3.41. The first-order valence-electron chi connectivity index (χ1n) is 11.3. The highest BCUT2D eigenvalue weighted by Crippen LogP contribution is 2.24. The van der Waals surface area contributed by atoms with Gasteiger partial charge in [-0.05, 0) is 44.1 Å². The fourth-order valence-electron chi connectivity index (χ4n) is 4.65. The quantitative estimate of drug-likeness (QED) is 0.739. The number of rotatable bonds is 7. The van der Waals surface area contributed by atoms with Crippen molar-refractivity contribution < 1.29 is 14.0 Å². The number of nitrogens with zero attached hydrogens (tertiary/aromatic N) is 3. The molecule has 7 nitrogen and oxygen atoms in total. The number of hydrogen-bond donors (Lipinski definition) is 1. The number of benzene rings is 1. The molecular weight excluding hydrogens is 392 g/mol. The maximum atomic E-state index is 12.5. The van der Waals surface area contributed by atoms with Gasteiger partial charge in [-0.3, -0.25) is 14.5 Å². The van der Waals surface area contributed by atoms with Crippen LogP contribution in [0, 0.1) is 12.8 Å². The second kappa shape index (κ2) is 10.1. The van der Waals surface area contributed by atoms with Gasteiger partial charge in [0.25, 0.3) is 5.91 Å². The molecular formula is C24H32N4O3. The van der Waals surface area contributed by atoms with Gasteiger partial charge in [0.2, 0.25) is 11.7 Å². The van der Waals surface area contributed by atoms with Gasteiger partial charge in [-0.2, -0.15) is 0 Å². The predicted molar refractivity (Wildman–Crippen MR) is 117 cm³/mol. The molecule has 3 heterocycles. The molecule has 0 spiro atoms. The third-order valence-corrected chi connectivity index (χ3v) is 6.51. The van der Waals surface area contributed by atoms with Crippen LogP contribution in [-0.4, -0.2) is 58.8 Å². The van der Waals surface area contributed by atoms with E-state index in [9.17, 15) is 9.59 Å². The molecule has 7 heteroatoms. The second-order valence-corrected chi connectivity index (χ2v) is 8.81. The Hall–Kier alpha value is -2.67. The van der Waals surface area contributed by atoms with E-state index in [2.05, 4.69) is 39.5 Å². The van der Waals surface area contributed by atoms with Gasteiger partial charge in [0.05, 0.1) is 5.69 Å². The average molecular weight is 425 g/mol. The van der Waals surface area contributed by atoms with Crippen molar-refractivity contribution in [3.05, 3.63) is 53.7 Å². The molecule has 2 saturated heterocycles. The first kappa shape index (κ1) is 21.6. The van der Waals surface area contributed by atoms with Crippen LogP contribution in [0.3, 0.4) is 0 Å². The zero-order valence-corrected chi connectivity index (χ0v) is 18.3. The smallest absolute Gasteiger partial charge is 0.291 e. The van der Waals surface area contributed by atoms with Crippen molar-refractivity contribution in [3.63, 3.8) is 0 Å². The molecule has 1 N–H and O–H groups in total. The third kappa shape index (κ3) is 5.73. The molecule has 2 aromatic rings. The van der Waals surface area contributed by atoms with E-state index in [1.807, 2.05) is 11.0 Å². The predicted octanol–water partition coefficient (Wildman–Crippen LogP) is 3.01. The molecule has 0 saturated carbocycles. The van der Waals surface area contributed by atoms with Gasteiger partial charge in [0.1, 0.15) is 0 Å². The van der Waals surface area contributed by atoms with Crippen LogP contribution in [0.1, 0.15) is 53.9 Å². The summed E-state index contributed by atoms with van der Waals surface area (Å²) >= 11 is 0. The van der Waals surface area contributed by atoms with E-state index in [-0.39, 0.29) is 17.9 Å². The van der Waals surface area contributed by atoms with Gasteiger partial charge in [-0.25, -0.2) is 4.98 Å². The fraction of sp³-hybridized carbons (Fsp3) is 0.542. The number of carbonyl (C=O) groups excluding carboxylic acids is 2. The molecule has 0 radical (unpaired) electrons. The summed E-state index contributed by atoms with van der Waals surface area (Å²) in [7, 11) is 0. The maximum Gasteiger partial charge on any atom is 0.291 e. The molecule has 2 aliphatic rings. The number of carbonyl (C=O) groups is 2. The summed E-state index contributed by atoms with van der Waals surface area (Å²) in [5.74, 6) is 0.911. The van der Waals surface area contributed by atoms with E-state index >= 15 is 0 Å². The van der Waals surface area contributed by atoms with Crippen LogP contribution in [0.4, 0.5) is 0 Å². The van der Waals surface area contributed by atoms with Crippen molar-refractivity contribution in [2.75, 3.05) is 26.2 Å². The highest BCUT2D eigenvalue weighted by atomic mass is 16.3. The Balaban J connectivity index is 1.13. The Morgan fingerprint density at radius 2 is 1.90 bits per heavy atom. The summed E-state index contributed by atoms with van der Waals surface area (Å²) in [6.07, 6.45) is 5.64. The number of nitrogens with one attached hydrogen (secondary N) is 1. The standard InChI is InChI=1S/C24H32N4O3/c1-18-23(31-17-25-18)24(30)28-13-9-19(10-14-28)7-8-22(29)26-21-11-12-27(16-21)15-20-5-3-2-4-6-20/h2-6,17,19,21H,7-16H2,1H3,(H,26,29)/t21-/m0/s1. The highest BCUT2D eigenvalue weighted by molar-refractivity contribution is 5.92. The number of amides is 2. The molecule has 0 bridgehead atoms. The molecule has 4 rings (SSSR count). The lowest BCUT2D eigenvalue weighted by atomic mass is 9.92. The Labute approximate surface area is 183 Å². The molecule has 0 aliphatic carbocycles. The van der Waals surface area contributed by atoms with E-state index in [0.29, 0.717) is 36.9 Å². The minimum Gasteiger partial charge on any atom is -0.438 e. The van der Waals surface area contributed by atoms with E-state index < -0.39 is 0 Å². The molecule has 1 atom stereocenters. The van der Waals surface area contributed by atoms with Gasteiger partial charge in [0.15, 0.2) is 6.39 Å². The SMILES string of the molecule is Cc1ncoc1C(=O)N1CCC(CCC(=O)N[C@H]2CCN(Cc3ccccc3)C2)CC1. The Kier molecular flexibility index (Phi) is 7.02. The first-order chi connectivity index (χ1) is 15.1. The van der Waals surface area contributed by atoms with Crippen molar-refractivity contribution in [1.29, 1.82) is 0 Å². The van der Waals surface area contributed by atoms with Crippen LogP contribution in [0.2, 0.25) is 0 Å². The number of aryl methyl sites for hydroxylation is 1. The van der Waals surface area contributed by atoms with Crippen molar-refractivity contribution in [2.24, 2.45) is 5.92 Å². The van der Waals surface area contributed by atoms with Crippen LogP contribution < -0.4 is 5.32 Å². The zero-order valence-electron chi connectivity index (χ0n) is 18.3. The molecule has 166 valence electrons. The van der Waals surface area contributed by atoms with Crippen molar-refractivity contribution >= 4 is 11.8 Å². The van der Waals surface area contributed by atoms with Crippen LogP contribution in [-0.2, 0) is 11.3 Å². The van der Waals surface area contributed by atoms with Gasteiger partial charge < -0.3 is 14.6 Å². The van der Waals surface area contributed by atoms with Crippen molar-refractivity contribution in [1.82, 2.24) is 20.1 Å². The summed E-state index contributed by atoms with van der Waals surface area (Å²) in [5, 5.41) is 3.22. The monoisotopic (exact) mass is 424 g/mol. The molecule has 2 amide bonds. The number of aromatic nitrogens is 1. The lowest BCUT2D eigenvalue weighted by Gasteiger charge is -2.31. The van der Waals surface area contributed by atoms with Crippen molar-refractivity contribution in [3.8, 4) is 0 Å². The molecule has 2 aliphatic heterocycles. The van der Waals surface area contributed by atoms with Gasteiger partial charge in [-0.15, -0.1) is 0 Å². The number of piperidine rings is 1. The lowest BCUT2D eigenvalue weighted by molar-refractivity contribution is -0.122. The normalized spacial score (nSPS) is 20.2. The topological polar surface area (TPSA) is 78.7 Å². The molecule has 2 fully saturated rings. The molecule has 0 unspecified atom stereocenters. The van der Waals surface area contributed by atoms with Gasteiger partial charge in [0, 0.05) is 45.2 Å². The Bertz CT molecular complexity index is 874. The molecule has 1 aromatic heterocycles. The lowest BCUT2D eigenvalue weighted by Crippen LogP contribution is -2.39. The van der Waals surface area contributed by atoms with Gasteiger partial charge >= 0.3 is 0 Å². The number of hydrogen-bond acceptors (Lipinski definition) is 5.